The summed E-state index contributed by atoms with van der Waals surface area (Å²) >= 11 is 1.38. The molecule has 0 N–H and O–H groups in total. The molecule has 0 unspecified atom stereocenters. The van der Waals surface area contributed by atoms with E-state index in [9.17, 15) is 4.79 Å². The molecule has 0 spiro atoms. The minimum absolute atomic E-state index is 0.0653. The molecule has 6 heteroatoms. The summed E-state index contributed by atoms with van der Waals surface area (Å²) in [5, 5.41) is 0.667. The van der Waals surface area contributed by atoms with Crippen LogP contribution in [0.3, 0.4) is 0 Å². The van der Waals surface area contributed by atoms with Gasteiger partial charge in [-0.05, 0) is 86.5 Å². The zero-order chi connectivity index (χ0) is 21.0. The fourth-order valence-corrected chi connectivity index (χ4v) is 3.85. The summed E-state index contributed by atoms with van der Waals surface area (Å²) in [6, 6.07) is 11.7. The van der Waals surface area contributed by atoms with Crippen LogP contribution in [0, 0.1) is 13.8 Å². The van der Waals surface area contributed by atoms with Crippen molar-refractivity contribution in [3.8, 4) is 11.5 Å². The number of hydrogen-bond donors (Lipinski definition) is 0. The second kappa shape index (κ2) is 9.18. The number of amides is 1. The molecule has 0 atom stereocenters. The van der Waals surface area contributed by atoms with Crippen LogP contribution in [0.1, 0.15) is 30.5 Å². The second-order valence-electron chi connectivity index (χ2n) is 6.71. The third-order valence-electron chi connectivity index (χ3n) is 4.58. The maximum Gasteiger partial charge on any atom is 0.266 e. The van der Waals surface area contributed by atoms with Gasteiger partial charge in [0.05, 0.1) is 23.8 Å². The van der Waals surface area contributed by atoms with E-state index in [1.165, 1.54) is 22.9 Å². The summed E-state index contributed by atoms with van der Waals surface area (Å²) in [5.74, 6) is 1.32. The Hall–Kier alpha value is -2.73. The highest BCUT2D eigenvalue weighted by molar-refractivity contribution is 8.18. The van der Waals surface area contributed by atoms with Crippen LogP contribution in [-0.2, 0) is 4.79 Å². The fourth-order valence-electron chi connectivity index (χ4n) is 2.87. The van der Waals surface area contributed by atoms with Crippen molar-refractivity contribution in [2.75, 3.05) is 20.3 Å². The molecule has 2 aromatic carbocycles. The quantitative estimate of drug-likeness (QED) is 0.604. The van der Waals surface area contributed by atoms with Crippen LogP contribution >= 0.6 is 11.8 Å². The highest BCUT2D eigenvalue weighted by Gasteiger charge is 2.30. The predicted octanol–water partition coefficient (Wildman–Crippen LogP) is 5.33. The zero-order valence-electron chi connectivity index (χ0n) is 17.5. The van der Waals surface area contributed by atoms with Crippen molar-refractivity contribution in [1.29, 1.82) is 0 Å². The average molecular weight is 411 g/mol. The van der Waals surface area contributed by atoms with Crippen molar-refractivity contribution in [2.45, 2.75) is 27.7 Å². The number of hydrogen-bond acceptors (Lipinski definition) is 5. The van der Waals surface area contributed by atoms with Gasteiger partial charge in [0, 0.05) is 7.05 Å². The van der Waals surface area contributed by atoms with Crippen LogP contribution in [0.4, 0.5) is 5.69 Å². The van der Waals surface area contributed by atoms with Crippen molar-refractivity contribution in [3.05, 3.63) is 58.0 Å². The Morgan fingerprint density at radius 3 is 2.41 bits per heavy atom. The number of benzene rings is 2. The molecule has 5 nitrogen and oxygen atoms in total. The van der Waals surface area contributed by atoms with Crippen LogP contribution in [-0.4, -0.2) is 36.2 Å². The Balaban J connectivity index is 1.88. The molecule has 29 heavy (non-hydrogen) atoms. The Bertz CT molecular complexity index is 982. The Labute approximate surface area is 176 Å². The first kappa shape index (κ1) is 21.0. The molecule has 0 saturated carbocycles. The fraction of sp³-hybridized carbons (Fsp3) is 0.304. The van der Waals surface area contributed by atoms with Gasteiger partial charge in [-0.1, -0.05) is 12.1 Å². The molecule has 1 saturated heterocycles. The average Bonchev–Trinajstić information content (AvgIpc) is 2.95. The molecule has 0 aromatic heterocycles. The van der Waals surface area contributed by atoms with Crippen LogP contribution in [0.25, 0.3) is 6.08 Å². The SMILES string of the molecule is CCOc1ccc(/C=C2/SC(=Nc3ccc(C)c(C)c3)N(C)C2=O)cc1OCC. The number of carbonyl (C=O) groups is 1. The lowest BCUT2D eigenvalue weighted by Gasteiger charge is -2.11. The summed E-state index contributed by atoms with van der Waals surface area (Å²) in [6.45, 7) is 9.11. The van der Waals surface area contributed by atoms with Crippen molar-refractivity contribution >= 4 is 34.6 Å². The molecular weight excluding hydrogens is 384 g/mol. The van der Waals surface area contributed by atoms with E-state index in [2.05, 4.69) is 18.8 Å². The minimum Gasteiger partial charge on any atom is -0.490 e. The maximum atomic E-state index is 12.7. The summed E-state index contributed by atoms with van der Waals surface area (Å²) in [6.07, 6.45) is 1.87. The largest absolute Gasteiger partial charge is 0.490 e. The lowest BCUT2D eigenvalue weighted by atomic mass is 10.1. The van der Waals surface area contributed by atoms with E-state index in [4.69, 9.17) is 9.47 Å². The summed E-state index contributed by atoms with van der Waals surface area (Å²) < 4.78 is 11.3. The van der Waals surface area contributed by atoms with E-state index in [1.807, 2.05) is 56.3 Å². The third kappa shape index (κ3) is 4.82. The van der Waals surface area contributed by atoms with Gasteiger partial charge in [-0.25, -0.2) is 4.99 Å². The number of ether oxygens (including phenoxy) is 2. The third-order valence-corrected chi connectivity index (χ3v) is 5.64. The number of aryl methyl sites for hydroxylation is 2. The van der Waals surface area contributed by atoms with Gasteiger partial charge in [0.2, 0.25) is 0 Å². The van der Waals surface area contributed by atoms with Crippen molar-refractivity contribution in [1.82, 2.24) is 4.90 Å². The Kier molecular flexibility index (Phi) is 6.64. The molecule has 152 valence electrons. The summed E-state index contributed by atoms with van der Waals surface area (Å²) in [7, 11) is 1.75. The van der Waals surface area contributed by atoms with Gasteiger partial charge in [0.1, 0.15) is 0 Å². The molecule has 0 radical (unpaired) electrons. The van der Waals surface area contributed by atoms with Gasteiger partial charge >= 0.3 is 0 Å². The predicted molar refractivity (Wildman–Crippen MR) is 120 cm³/mol. The maximum absolute atomic E-state index is 12.7. The minimum atomic E-state index is -0.0653. The molecule has 1 heterocycles. The van der Waals surface area contributed by atoms with E-state index in [0.717, 1.165) is 11.3 Å². The number of aliphatic imine (C=N–C) groups is 1. The van der Waals surface area contributed by atoms with Crippen LogP contribution in [0.15, 0.2) is 46.3 Å². The molecule has 0 bridgehead atoms. The van der Waals surface area contributed by atoms with Crippen molar-refractivity contribution < 1.29 is 14.3 Å². The first-order valence-corrected chi connectivity index (χ1v) is 10.5. The lowest BCUT2D eigenvalue weighted by Crippen LogP contribution is -2.23. The smallest absolute Gasteiger partial charge is 0.266 e. The van der Waals surface area contributed by atoms with E-state index < -0.39 is 0 Å². The number of nitrogens with zero attached hydrogens (tertiary/aromatic N) is 2. The molecular formula is C23H26N2O3S. The zero-order valence-corrected chi connectivity index (χ0v) is 18.3. The second-order valence-corrected chi connectivity index (χ2v) is 7.72. The number of amidine groups is 1. The molecule has 3 rings (SSSR count). The van der Waals surface area contributed by atoms with Crippen LogP contribution in [0.5, 0.6) is 11.5 Å². The standard InChI is InChI=1S/C23H26N2O3S/c1-6-27-19-11-9-17(13-20(19)28-7-2)14-21-22(26)25(5)23(29-21)24-18-10-8-15(3)16(4)12-18/h8-14H,6-7H2,1-5H3/b21-14+,24-23?. The van der Waals surface area contributed by atoms with Crippen LogP contribution in [0.2, 0.25) is 0 Å². The molecule has 1 amide bonds. The molecule has 2 aromatic rings. The highest BCUT2D eigenvalue weighted by Crippen LogP contribution is 2.35. The Morgan fingerprint density at radius 1 is 1.00 bits per heavy atom. The van der Waals surface area contributed by atoms with E-state index in [-0.39, 0.29) is 5.91 Å². The normalized spacial score (nSPS) is 16.7. The van der Waals surface area contributed by atoms with Gasteiger partial charge in [0.25, 0.3) is 5.91 Å². The van der Waals surface area contributed by atoms with Crippen LogP contribution < -0.4 is 9.47 Å². The number of likely N-dealkylation sites (N-methyl/N-ethyl adjacent to an activating group) is 1. The Morgan fingerprint density at radius 2 is 1.72 bits per heavy atom. The highest BCUT2D eigenvalue weighted by atomic mass is 32.2. The molecule has 1 aliphatic rings. The number of thioether (sulfide) groups is 1. The first-order valence-electron chi connectivity index (χ1n) is 9.66. The van der Waals surface area contributed by atoms with Gasteiger partial charge in [-0.2, -0.15) is 0 Å². The topological polar surface area (TPSA) is 51.1 Å². The van der Waals surface area contributed by atoms with Gasteiger partial charge in [-0.15, -0.1) is 0 Å². The number of rotatable bonds is 6. The first-order chi connectivity index (χ1) is 13.9. The van der Waals surface area contributed by atoms with Crippen molar-refractivity contribution in [3.63, 3.8) is 0 Å². The number of carbonyl (C=O) groups excluding carboxylic acids is 1. The van der Waals surface area contributed by atoms with Crippen molar-refractivity contribution in [2.24, 2.45) is 4.99 Å². The van der Waals surface area contributed by atoms with E-state index in [0.29, 0.717) is 34.8 Å². The molecule has 0 aliphatic carbocycles. The molecule has 1 fully saturated rings. The van der Waals surface area contributed by atoms with Gasteiger partial charge < -0.3 is 9.47 Å². The summed E-state index contributed by atoms with van der Waals surface area (Å²) in [5.41, 5.74) is 4.13. The molecule has 1 aliphatic heterocycles. The van der Waals surface area contributed by atoms with Gasteiger partial charge in [0.15, 0.2) is 16.7 Å². The lowest BCUT2D eigenvalue weighted by molar-refractivity contribution is -0.121. The monoisotopic (exact) mass is 410 g/mol. The van der Waals surface area contributed by atoms with Gasteiger partial charge in [-0.3, -0.25) is 9.69 Å². The van der Waals surface area contributed by atoms with E-state index >= 15 is 0 Å². The summed E-state index contributed by atoms with van der Waals surface area (Å²) in [4.78, 5) is 19.6. The van der Waals surface area contributed by atoms with E-state index in [1.54, 1.807) is 11.9 Å².